The van der Waals surface area contributed by atoms with Crippen molar-refractivity contribution in [2.45, 2.75) is 12.5 Å². The van der Waals surface area contributed by atoms with E-state index in [1.54, 1.807) is 19.1 Å². The second-order valence-corrected chi connectivity index (χ2v) is 7.28. The molecule has 0 spiro atoms. The zero-order valence-corrected chi connectivity index (χ0v) is 17.1. The van der Waals surface area contributed by atoms with Gasteiger partial charge in [-0.2, -0.15) is 0 Å². The number of methoxy groups -OCH3 is 2. The van der Waals surface area contributed by atoms with Crippen molar-refractivity contribution in [2.24, 2.45) is 0 Å². The van der Waals surface area contributed by atoms with E-state index >= 15 is 0 Å². The number of carbonyl (C=O) groups is 2. The maximum absolute atomic E-state index is 13.1. The molecule has 9 nitrogen and oxygen atoms in total. The molecule has 2 aromatic carbocycles. The first-order valence-electron chi connectivity index (χ1n) is 9.73. The normalized spacial score (nSPS) is 18.6. The number of piperazine rings is 1. The number of non-ortho nitro benzene ring substituents is 1. The van der Waals surface area contributed by atoms with Crippen LogP contribution in [-0.4, -0.2) is 48.8 Å². The van der Waals surface area contributed by atoms with Crippen LogP contribution < -0.4 is 14.8 Å². The fourth-order valence-electron chi connectivity index (χ4n) is 4.03. The molecule has 1 amide bonds. The number of nitrogens with zero attached hydrogens (tertiary/aromatic N) is 2. The standard InChI is InChI=1S/C22H21N3O6/c1-30-20-9-13-6-7-24-18(16(13)10-21(20)31-2)12-23-17(22(24)27)11-19(26)14-4-3-5-15(8-14)25(28)29/h3-5,8-11,18,23H,6-7,12H2,1-2H3/b17-11-. The number of hydrogen-bond donors (Lipinski definition) is 1. The van der Waals surface area contributed by atoms with Crippen LogP contribution in [0, 0.1) is 10.1 Å². The van der Waals surface area contributed by atoms with Crippen LogP contribution >= 0.6 is 0 Å². The van der Waals surface area contributed by atoms with Crippen molar-refractivity contribution in [2.75, 3.05) is 27.3 Å². The minimum atomic E-state index is -0.563. The van der Waals surface area contributed by atoms with Gasteiger partial charge in [0.15, 0.2) is 17.3 Å². The summed E-state index contributed by atoms with van der Waals surface area (Å²) >= 11 is 0. The van der Waals surface area contributed by atoms with Gasteiger partial charge in [-0.05, 0) is 29.7 Å². The Hall–Kier alpha value is -3.88. The van der Waals surface area contributed by atoms with Gasteiger partial charge in [0.2, 0.25) is 0 Å². The van der Waals surface area contributed by atoms with Gasteiger partial charge in [0.25, 0.3) is 11.6 Å². The molecule has 160 valence electrons. The number of hydrogen-bond acceptors (Lipinski definition) is 7. The van der Waals surface area contributed by atoms with E-state index in [0.29, 0.717) is 31.0 Å². The summed E-state index contributed by atoms with van der Waals surface area (Å²) in [5, 5.41) is 14.0. The van der Waals surface area contributed by atoms with Gasteiger partial charge in [-0.1, -0.05) is 12.1 Å². The molecule has 2 aliphatic rings. The number of nitro groups is 1. The topological polar surface area (TPSA) is 111 Å². The van der Waals surface area contributed by atoms with Crippen molar-refractivity contribution in [3.63, 3.8) is 0 Å². The highest BCUT2D eigenvalue weighted by atomic mass is 16.6. The number of nitro benzene ring substituents is 1. The molecule has 2 aromatic rings. The number of rotatable bonds is 5. The molecule has 31 heavy (non-hydrogen) atoms. The summed E-state index contributed by atoms with van der Waals surface area (Å²) < 4.78 is 10.8. The molecule has 1 fully saturated rings. The summed E-state index contributed by atoms with van der Waals surface area (Å²) in [6.07, 6.45) is 1.87. The van der Waals surface area contributed by atoms with E-state index in [1.807, 2.05) is 12.1 Å². The van der Waals surface area contributed by atoms with Crippen molar-refractivity contribution in [3.8, 4) is 11.5 Å². The molecule has 0 radical (unpaired) electrons. The lowest BCUT2D eigenvalue weighted by molar-refractivity contribution is -0.384. The number of amides is 1. The van der Waals surface area contributed by atoms with E-state index in [1.165, 1.54) is 30.3 Å². The third-order valence-corrected chi connectivity index (χ3v) is 5.60. The molecule has 4 rings (SSSR count). The van der Waals surface area contributed by atoms with E-state index in [9.17, 15) is 19.7 Å². The summed E-state index contributed by atoms with van der Waals surface area (Å²) in [5.41, 5.74) is 2.22. The summed E-state index contributed by atoms with van der Waals surface area (Å²) in [5.74, 6) is 0.489. The van der Waals surface area contributed by atoms with Crippen molar-refractivity contribution in [3.05, 3.63) is 75.0 Å². The van der Waals surface area contributed by atoms with Crippen LogP contribution in [0.25, 0.3) is 0 Å². The van der Waals surface area contributed by atoms with Gasteiger partial charge in [-0.15, -0.1) is 0 Å². The summed E-state index contributed by atoms with van der Waals surface area (Å²) in [4.78, 5) is 37.8. The molecular weight excluding hydrogens is 402 g/mol. The molecule has 0 bridgehead atoms. The number of benzene rings is 2. The summed E-state index contributed by atoms with van der Waals surface area (Å²) in [7, 11) is 3.15. The smallest absolute Gasteiger partial charge is 0.270 e. The van der Waals surface area contributed by atoms with Crippen LogP contribution in [0.2, 0.25) is 0 Å². The first-order valence-corrected chi connectivity index (χ1v) is 9.73. The SMILES string of the molecule is COc1cc2c(cc1OC)C1CN/C(=C\C(=O)c3cccc([N+](=O)[O-])c3)C(=O)N1CC2. The molecule has 1 saturated heterocycles. The molecule has 1 N–H and O–H groups in total. The predicted molar refractivity (Wildman–Crippen MR) is 111 cm³/mol. The van der Waals surface area contributed by atoms with Crippen LogP contribution in [0.1, 0.15) is 27.5 Å². The van der Waals surface area contributed by atoms with Gasteiger partial charge in [0, 0.05) is 36.9 Å². The van der Waals surface area contributed by atoms with Crippen LogP contribution in [0.4, 0.5) is 5.69 Å². The Morgan fingerprint density at radius 3 is 2.68 bits per heavy atom. The van der Waals surface area contributed by atoms with Crippen molar-refractivity contribution < 1.29 is 24.0 Å². The maximum Gasteiger partial charge on any atom is 0.270 e. The first kappa shape index (κ1) is 20.4. The Kier molecular flexibility index (Phi) is 5.33. The Balaban J connectivity index is 1.59. The third-order valence-electron chi connectivity index (χ3n) is 5.60. The van der Waals surface area contributed by atoms with E-state index in [-0.39, 0.29) is 28.9 Å². The minimum Gasteiger partial charge on any atom is -0.493 e. The Morgan fingerprint density at radius 1 is 1.23 bits per heavy atom. The molecule has 0 saturated carbocycles. The zero-order chi connectivity index (χ0) is 22.1. The molecular formula is C22H21N3O6. The lowest BCUT2D eigenvalue weighted by Crippen LogP contribution is -2.51. The molecule has 0 aromatic heterocycles. The lowest BCUT2D eigenvalue weighted by Gasteiger charge is -2.42. The van der Waals surface area contributed by atoms with E-state index in [0.717, 1.165) is 11.1 Å². The highest BCUT2D eigenvalue weighted by Crippen LogP contribution is 2.39. The number of carbonyl (C=O) groups excluding carboxylic acids is 2. The average molecular weight is 423 g/mol. The second-order valence-electron chi connectivity index (χ2n) is 7.28. The van der Waals surface area contributed by atoms with Gasteiger partial charge < -0.3 is 19.7 Å². The van der Waals surface area contributed by atoms with Crippen LogP contribution in [0.5, 0.6) is 11.5 Å². The van der Waals surface area contributed by atoms with Gasteiger partial charge in [-0.3, -0.25) is 19.7 Å². The number of ketones is 1. The van der Waals surface area contributed by atoms with Crippen LogP contribution in [0.3, 0.4) is 0 Å². The highest BCUT2D eigenvalue weighted by Gasteiger charge is 2.37. The zero-order valence-electron chi connectivity index (χ0n) is 17.1. The summed E-state index contributed by atoms with van der Waals surface area (Å²) in [6, 6.07) is 9.08. The molecule has 1 atom stereocenters. The van der Waals surface area contributed by atoms with Crippen molar-refractivity contribution in [1.29, 1.82) is 0 Å². The Labute approximate surface area is 178 Å². The lowest BCUT2D eigenvalue weighted by atomic mass is 9.90. The monoisotopic (exact) mass is 423 g/mol. The van der Waals surface area contributed by atoms with E-state index < -0.39 is 10.7 Å². The quantitative estimate of drug-likeness (QED) is 0.340. The van der Waals surface area contributed by atoms with E-state index in [4.69, 9.17) is 9.47 Å². The van der Waals surface area contributed by atoms with Gasteiger partial charge in [-0.25, -0.2) is 0 Å². The summed E-state index contributed by atoms with van der Waals surface area (Å²) in [6.45, 7) is 0.943. The number of fused-ring (bicyclic) bond motifs is 3. The third kappa shape index (κ3) is 3.70. The number of ether oxygens (including phenoxy) is 2. The van der Waals surface area contributed by atoms with Crippen LogP contribution in [-0.2, 0) is 11.2 Å². The fraction of sp³-hybridized carbons (Fsp3) is 0.273. The van der Waals surface area contributed by atoms with Crippen molar-refractivity contribution >= 4 is 17.4 Å². The molecule has 9 heteroatoms. The predicted octanol–water partition coefficient (Wildman–Crippen LogP) is 2.41. The molecule has 1 unspecified atom stereocenters. The highest BCUT2D eigenvalue weighted by molar-refractivity contribution is 6.09. The Bertz CT molecular complexity index is 1110. The Morgan fingerprint density at radius 2 is 1.97 bits per heavy atom. The minimum absolute atomic E-state index is 0.152. The molecule has 2 aliphatic heterocycles. The average Bonchev–Trinajstić information content (AvgIpc) is 2.79. The van der Waals surface area contributed by atoms with Gasteiger partial charge >= 0.3 is 0 Å². The van der Waals surface area contributed by atoms with E-state index in [2.05, 4.69) is 5.32 Å². The second kappa shape index (κ2) is 8.10. The maximum atomic E-state index is 13.1. The van der Waals surface area contributed by atoms with Crippen LogP contribution in [0.15, 0.2) is 48.2 Å². The molecule has 0 aliphatic carbocycles. The number of allylic oxidation sites excluding steroid dienone is 1. The van der Waals surface area contributed by atoms with Gasteiger partial charge in [0.1, 0.15) is 5.70 Å². The largest absolute Gasteiger partial charge is 0.493 e. The molecule has 2 heterocycles. The van der Waals surface area contributed by atoms with Gasteiger partial charge in [0.05, 0.1) is 25.2 Å². The number of nitrogens with one attached hydrogen (secondary N) is 1. The van der Waals surface area contributed by atoms with Crippen molar-refractivity contribution in [1.82, 2.24) is 10.2 Å². The first-order chi connectivity index (χ1) is 14.9. The fourth-order valence-corrected chi connectivity index (χ4v) is 4.03.